The highest BCUT2D eigenvalue weighted by atomic mass is 16.5. The first-order valence-corrected chi connectivity index (χ1v) is 31.9. The lowest BCUT2D eigenvalue weighted by molar-refractivity contribution is -0.143. The van der Waals surface area contributed by atoms with Crippen molar-refractivity contribution in [2.75, 3.05) is 13.2 Å². The Morgan fingerprint density at radius 2 is 0.671 bits per heavy atom. The molecule has 0 fully saturated rings. The molecule has 416 valence electrons. The molecule has 0 bridgehead atoms. The molecule has 0 aliphatic rings. The fourth-order valence-corrected chi connectivity index (χ4v) is 10.2. The molecule has 0 saturated carbocycles. The summed E-state index contributed by atoms with van der Waals surface area (Å²) in [7, 11) is 0. The summed E-state index contributed by atoms with van der Waals surface area (Å²) in [5.41, 5.74) is 0. The van der Waals surface area contributed by atoms with Crippen molar-refractivity contribution < 1.29 is 24.5 Å². The number of aliphatic hydroxyl groups excluding tert-OH is 2. The number of unbranched alkanes of at least 4 members (excludes halogenated alkanes) is 47. The standard InChI is InChI=1S/C64H125NO5/c1-3-5-7-9-11-13-15-17-18-19-27-30-34-38-42-46-50-54-58-64(69)70-59-55-51-47-43-39-35-31-28-25-23-21-20-22-24-26-29-33-37-41-45-49-53-57-63(68)65-61(60-66)62(67)56-52-48-44-40-36-32-16-14-12-10-8-6-4-2/h22,24,61-62,66-67H,3-21,23,25-60H2,1-2H3,(H,65,68)/b24-22-. The van der Waals surface area contributed by atoms with E-state index in [1.807, 2.05) is 0 Å². The van der Waals surface area contributed by atoms with E-state index in [1.54, 1.807) is 0 Å². The summed E-state index contributed by atoms with van der Waals surface area (Å²) < 4.78 is 5.50. The van der Waals surface area contributed by atoms with Gasteiger partial charge in [-0.2, -0.15) is 0 Å². The highest BCUT2D eigenvalue weighted by Crippen LogP contribution is 2.18. The number of carbonyl (C=O) groups excluding carboxylic acids is 2. The summed E-state index contributed by atoms with van der Waals surface area (Å²) in [6.07, 6.45) is 72.3. The Labute approximate surface area is 438 Å². The Morgan fingerprint density at radius 3 is 1.01 bits per heavy atom. The van der Waals surface area contributed by atoms with E-state index in [9.17, 15) is 19.8 Å². The van der Waals surface area contributed by atoms with Crippen LogP contribution in [0.25, 0.3) is 0 Å². The zero-order chi connectivity index (χ0) is 50.7. The van der Waals surface area contributed by atoms with Crippen LogP contribution < -0.4 is 5.32 Å². The van der Waals surface area contributed by atoms with Crippen molar-refractivity contribution in [2.45, 2.75) is 373 Å². The van der Waals surface area contributed by atoms with Gasteiger partial charge in [-0.25, -0.2) is 0 Å². The van der Waals surface area contributed by atoms with E-state index in [0.717, 1.165) is 38.5 Å². The quantitative estimate of drug-likeness (QED) is 0.0321. The predicted octanol–water partition coefficient (Wildman–Crippen LogP) is 20.0. The smallest absolute Gasteiger partial charge is 0.305 e. The van der Waals surface area contributed by atoms with Crippen LogP contribution in [-0.2, 0) is 14.3 Å². The van der Waals surface area contributed by atoms with Crippen LogP contribution in [0.5, 0.6) is 0 Å². The summed E-state index contributed by atoms with van der Waals surface area (Å²) >= 11 is 0. The molecule has 0 rings (SSSR count). The van der Waals surface area contributed by atoms with Gasteiger partial charge in [0.2, 0.25) is 5.91 Å². The Morgan fingerprint density at radius 1 is 0.386 bits per heavy atom. The van der Waals surface area contributed by atoms with Gasteiger partial charge in [-0.05, 0) is 51.4 Å². The van der Waals surface area contributed by atoms with Crippen LogP contribution in [0.3, 0.4) is 0 Å². The molecule has 0 saturated heterocycles. The highest BCUT2D eigenvalue weighted by Gasteiger charge is 2.20. The van der Waals surface area contributed by atoms with Crippen molar-refractivity contribution in [1.29, 1.82) is 0 Å². The first-order chi connectivity index (χ1) is 34.5. The normalized spacial score (nSPS) is 12.6. The number of nitrogens with one attached hydrogen (secondary N) is 1. The number of hydrogen-bond acceptors (Lipinski definition) is 5. The predicted molar refractivity (Wildman–Crippen MR) is 306 cm³/mol. The van der Waals surface area contributed by atoms with Gasteiger partial charge in [-0.1, -0.05) is 309 Å². The Bertz CT molecular complexity index is 1050. The number of aliphatic hydroxyl groups is 2. The number of hydrogen-bond donors (Lipinski definition) is 3. The van der Waals surface area contributed by atoms with E-state index in [0.29, 0.717) is 25.9 Å². The molecule has 0 aromatic heterocycles. The van der Waals surface area contributed by atoms with Gasteiger partial charge in [-0.15, -0.1) is 0 Å². The van der Waals surface area contributed by atoms with Crippen molar-refractivity contribution in [3.05, 3.63) is 12.2 Å². The van der Waals surface area contributed by atoms with E-state index < -0.39 is 12.1 Å². The largest absolute Gasteiger partial charge is 0.466 e. The summed E-state index contributed by atoms with van der Waals surface area (Å²) in [5.74, 6) is -0.0252. The van der Waals surface area contributed by atoms with Crippen molar-refractivity contribution in [3.8, 4) is 0 Å². The van der Waals surface area contributed by atoms with Crippen molar-refractivity contribution in [1.82, 2.24) is 5.32 Å². The monoisotopic (exact) mass is 988 g/mol. The van der Waals surface area contributed by atoms with Crippen molar-refractivity contribution >= 4 is 11.9 Å². The first-order valence-electron chi connectivity index (χ1n) is 31.9. The summed E-state index contributed by atoms with van der Waals surface area (Å²) in [5, 5.41) is 23.2. The number of ether oxygens (including phenoxy) is 1. The van der Waals surface area contributed by atoms with E-state index in [2.05, 4.69) is 31.3 Å². The average molecular weight is 989 g/mol. The van der Waals surface area contributed by atoms with Gasteiger partial charge in [-0.3, -0.25) is 9.59 Å². The van der Waals surface area contributed by atoms with Gasteiger partial charge in [0.15, 0.2) is 0 Å². The highest BCUT2D eigenvalue weighted by molar-refractivity contribution is 5.76. The zero-order valence-electron chi connectivity index (χ0n) is 47.5. The van der Waals surface area contributed by atoms with Crippen LogP contribution in [0.1, 0.15) is 361 Å². The Hall–Kier alpha value is -1.40. The fraction of sp³-hybridized carbons (Fsp3) is 0.938. The topological polar surface area (TPSA) is 95.9 Å². The zero-order valence-corrected chi connectivity index (χ0v) is 47.5. The van der Waals surface area contributed by atoms with Crippen LogP contribution in [-0.4, -0.2) is 47.4 Å². The lowest BCUT2D eigenvalue weighted by Gasteiger charge is -2.22. The molecule has 0 aliphatic carbocycles. The molecule has 0 aromatic carbocycles. The maximum absolute atomic E-state index is 12.5. The molecule has 70 heavy (non-hydrogen) atoms. The number of carbonyl (C=O) groups is 2. The minimum Gasteiger partial charge on any atom is -0.466 e. The molecule has 6 nitrogen and oxygen atoms in total. The first kappa shape index (κ1) is 68.6. The van der Waals surface area contributed by atoms with Crippen LogP contribution in [0.2, 0.25) is 0 Å². The van der Waals surface area contributed by atoms with E-state index in [1.165, 1.54) is 289 Å². The Balaban J connectivity index is 3.37. The van der Waals surface area contributed by atoms with Crippen LogP contribution in [0.4, 0.5) is 0 Å². The molecular formula is C64H125NO5. The van der Waals surface area contributed by atoms with E-state index in [-0.39, 0.29) is 18.5 Å². The maximum atomic E-state index is 12.5. The number of esters is 1. The lowest BCUT2D eigenvalue weighted by Crippen LogP contribution is -2.45. The van der Waals surface area contributed by atoms with Gasteiger partial charge in [0.25, 0.3) is 0 Å². The average Bonchev–Trinajstić information content (AvgIpc) is 3.36. The van der Waals surface area contributed by atoms with Crippen molar-refractivity contribution in [2.24, 2.45) is 0 Å². The second-order valence-electron chi connectivity index (χ2n) is 22.1. The molecule has 2 atom stereocenters. The minimum absolute atomic E-state index is 0.0151. The Kier molecular flexibility index (Phi) is 59.0. The van der Waals surface area contributed by atoms with E-state index in [4.69, 9.17) is 4.74 Å². The third kappa shape index (κ3) is 55.9. The number of allylic oxidation sites excluding steroid dienone is 2. The van der Waals surface area contributed by atoms with Gasteiger partial charge >= 0.3 is 5.97 Å². The molecule has 1 amide bonds. The molecule has 2 unspecified atom stereocenters. The third-order valence-electron chi connectivity index (χ3n) is 15.1. The van der Waals surface area contributed by atoms with Crippen molar-refractivity contribution in [3.63, 3.8) is 0 Å². The molecule has 0 aliphatic heterocycles. The number of rotatable bonds is 60. The van der Waals surface area contributed by atoms with E-state index >= 15 is 0 Å². The molecule has 0 heterocycles. The molecular weight excluding hydrogens is 863 g/mol. The van der Waals surface area contributed by atoms with Gasteiger partial charge in [0.05, 0.1) is 25.4 Å². The molecule has 0 spiro atoms. The minimum atomic E-state index is -0.667. The summed E-state index contributed by atoms with van der Waals surface area (Å²) in [4.78, 5) is 24.6. The number of amides is 1. The molecule has 0 radical (unpaired) electrons. The van der Waals surface area contributed by atoms with Crippen LogP contribution >= 0.6 is 0 Å². The van der Waals surface area contributed by atoms with Crippen LogP contribution in [0, 0.1) is 0 Å². The van der Waals surface area contributed by atoms with Gasteiger partial charge < -0.3 is 20.3 Å². The van der Waals surface area contributed by atoms with Gasteiger partial charge in [0.1, 0.15) is 0 Å². The third-order valence-corrected chi connectivity index (χ3v) is 15.1. The lowest BCUT2D eigenvalue weighted by atomic mass is 10.0. The molecule has 3 N–H and O–H groups in total. The second kappa shape index (κ2) is 60.2. The summed E-state index contributed by atoms with van der Waals surface area (Å²) in [6.45, 7) is 4.97. The van der Waals surface area contributed by atoms with Crippen LogP contribution in [0.15, 0.2) is 12.2 Å². The molecule has 0 aromatic rings. The van der Waals surface area contributed by atoms with Gasteiger partial charge in [0, 0.05) is 12.8 Å². The maximum Gasteiger partial charge on any atom is 0.305 e. The second-order valence-corrected chi connectivity index (χ2v) is 22.1. The SMILES string of the molecule is CCCCCCCCCCCCCCCCCCCCC(=O)OCCCCCCCCCCCCC/C=C\CCCCCCCCCC(=O)NC(CO)C(O)CCCCCCCCCCCCCCC. The molecule has 6 heteroatoms. The summed E-state index contributed by atoms with van der Waals surface area (Å²) in [6, 6.07) is -0.545. The fourth-order valence-electron chi connectivity index (χ4n) is 10.2.